The Labute approximate surface area is 104 Å². The minimum absolute atomic E-state index is 0.0221. The van der Waals surface area contributed by atoms with E-state index < -0.39 is 0 Å². The molecule has 3 nitrogen and oxygen atoms in total. The molecule has 0 spiro atoms. The molecule has 2 N–H and O–H groups in total. The van der Waals surface area contributed by atoms with Gasteiger partial charge in [-0.2, -0.15) is 0 Å². The van der Waals surface area contributed by atoms with Crippen molar-refractivity contribution in [3.05, 3.63) is 24.3 Å². The Bertz CT molecular complexity index is 339. The van der Waals surface area contributed by atoms with Crippen molar-refractivity contribution in [3.63, 3.8) is 0 Å². The molecule has 1 aromatic rings. The Kier molecular flexibility index (Phi) is 5.29. The Hall–Kier alpha value is -1.22. The molecule has 0 amide bonds. The zero-order valence-corrected chi connectivity index (χ0v) is 11.1. The number of anilines is 1. The maximum Gasteiger partial charge on any atom is 0.121 e. The second-order valence-electron chi connectivity index (χ2n) is 4.54. The molecule has 3 heteroatoms. The molecule has 17 heavy (non-hydrogen) atoms. The van der Waals surface area contributed by atoms with Crippen LogP contribution in [0.25, 0.3) is 0 Å². The van der Waals surface area contributed by atoms with E-state index in [1.54, 1.807) is 6.92 Å². The highest BCUT2D eigenvalue weighted by molar-refractivity contribution is 5.48. The molecule has 0 bridgehead atoms. The quantitative estimate of drug-likeness (QED) is 0.799. The maximum absolute atomic E-state index is 9.44. The molecular formula is C14H23NO2. The summed E-state index contributed by atoms with van der Waals surface area (Å²) in [6.45, 7) is 7.88. The van der Waals surface area contributed by atoms with Crippen LogP contribution in [0, 0.1) is 0 Å². The standard InChI is InChI=1S/C14H23NO2/c1-5-10(2)17-14-8-6-7-13(9-14)15-11(3)12(4)16/h6-12,15-16H,5H2,1-4H3. The highest BCUT2D eigenvalue weighted by atomic mass is 16.5. The molecule has 0 aliphatic rings. The number of nitrogens with one attached hydrogen (secondary N) is 1. The van der Waals surface area contributed by atoms with Gasteiger partial charge in [-0.05, 0) is 39.3 Å². The monoisotopic (exact) mass is 237 g/mol. The van der Waals surface area contributed by atoms with Crippen LogP contribution in [-0.2, 0) is 0 Å². The Morgan fingerprint density at radius 2 is 2.00 bits per heavy atom. The molecule has 0 fully saturated rings. The van der Waals surface area contributed by atoms with E-state index in [4.69, 9.17) is 4.74 Å². The van der Waals surface area contributed by atoms with E-state index in [-0.39, 0.29) is 18.2 Å². The average Bonchev–Trinajstić information content (AvgIpc) is 2.29. The lowest BCUT2D eigenvalue weighted by atomic mass is 10.2. The zero-order valence-electron chi connectivity index (χ0n) is 11.1. The molecule has 0 aromatic heterocycles. The van der Waals surface area contributed by atoms with Gasteiger partial charge in [0.25, 0.3) is 0 Å². The van der Waals surface area contributed by atoms with Crippen molar-refractivity contribution in [1.82, 2.24) is 0 Å². The molecule has 96 valence electrons. The minimum atomic E-state index is -0.380. The number of benzene rings is 1. The van der Waals surface area contributed by atoms with Gasteiger partial charge < -0.3 is 15.2 Å². The molecule has 1 aromatic carbocycles. The Morgan fingerprint density at radius 3 is 2.59 bits per heavy atom. The van der Waals surface area contributed by atoms with E-state index in [9.17, 15) is 5.11 Å². The summed E-state index contributed by atoms with van der Waals surface area (Å²) in [4.78, 5) is 0. The predicted octanol–water partition coefficient (Wildman–Crippen LogP) is 3.05. The van der Waals surface area contributed by atoms with Crippen LogP contribution in [0.15, 0.2) is 24.3 Å². The van der Waals surface area contributed by atoms with Gasteiger partial charge in [-0.25, -0.2) is 0 Å². The predicted molar refractivity (Wildman–Crippen MR) is 71.6 cm³/mol. The lowest BCUT2D eigenvalue weighted by Gasteiger charge is -2.19. The first-order chi connectivity index (χ1) is 8.02. The van der Waals surface area contributed by atoms with Gasteiger partial charge in [-0.15, -0.1) is 0 Å². The number of rotatable bonds is 6. The van der Waals surface area contributed by atoms with Crippen molar-refractivity contribution >= 4 is 5.69 Å². The highest BCUT2D eigenvalue weighted by Gasteiger charge is 2.08. The number of hydrogen-bond acceptors (Lipinski definition) is 3. The molecule has 0 aliphatic heterocycles. The SMILES string of the molecule is CCC(C)Oc1cccc(NC(C)C(C)O)c1. The third-order valence-corrected chi connectivity index (χ3v) is 2.86. The fourth-order valence-electron chi connectivity index (χ4n) is 1.36. The summed E-state index contributed by atoms with van der Waals surface area (Å²) in [5, 5.41) is 12.7. The van der Waals surface area contributed by atoms with E-state index in [1.807, 2.05) is 31.2 Å². The van der Waals surface area contributed by atoms with Crippen LogP contribution in [-0.4, -0.2) is 23.4 Å². The lowest BCUT2D eigenvalue weighted by Crippen LogP contribution is -2.27. The normalized spacial score (nSPS) is 16.1. The topological polar surface area (TPSA) is 41.5 Å². The van der Waals surface area contributed by atoms with Gasteiger partial charge in [0.1, 0.15) is 5.75 Å². The zero-order chi connectivity index (χ0) is 12.8. The third-order valence-electron chi connectivity index (χ3n) is 2.86. The maximum atomic E-state index is 9.44. The highest BCUT2D eigenvalue weighted by Crippen LogP contribution is 2.20. The fourth-order valence-corrected chi connectivity index (χ4v) is 1.36. The number of aliphatic hydroxyl groups is 1. The van der Waals surface area contributed by atoms with Gasteiger partial charge in [-0.3, -0.25) is 0 Å². The molecule has 0 saturated carbocycles. The van der Waals surface area contributed by atoms with Gasteiger partial charge in [0.05, 0.1) is 12.2 Å². The molecule has 0 saturated heterocycles. The first-order valence-corrected chi connectivity index (χ1v) is 6.24. The van der Waals surface area contributed by atoms with Gasteiger partial charge in [-0.1, -0.05) is 13.0 Å². The van der Waals surface area contributed by atoms with Gasteiger partial charge in [0.2, 0.25) is 0 Å². The summed E-state index contributed by atoms with van der Waals surface area (Å²) in [5.41, 5.74) is 0.971. The van der Waals surface area contributed by atoms with Crippen LogP contribution in [0.5, 0.6) is 5.75 Å². The summed E-state index contributed by atoms with van der Waals surface area (Å²) in [6, 6.07) is 7.86. The van der Waals surface area contributed by atoms with Crippen LogP contribution in [0.1, 0.15) is 34.1 Å². The van der Waals surface area contributed by atoms with Crippen LogP contribution in [0.4, 0.5) is 5.69 Å². The van der Waals surface area contributed by atoms with Crippen molar-refractivity contribution in [2.75, 3.05) is 5.32 Å². The third kappa shape index (κ3) is 4.65. The molecule has 3 atom stereocenters. The van der Waals surface area contributed by atoms with Gasteiger partial charge >= 0.3 is 0 Å². The second kappa shape index (κ2) is 6.50. The first-order valence-electron chi connectivity index (χ1n) is 6.24. The second-order valence-corrected chi connectivity index (χ2v) is 4.54. The Balaban J connectivity index is 2.65. The fraction of sp³-hybridized carbons (Fsp3) is 0.571. The van der Waals surface area contributed by atoms with Crippen molar-refractivity contribution in [3.8, 4) is 5.75 Å². The van der Waals surface area contributed by atoms with Crippen molar-refractivity contribution in [2.45, 2.75) is 52.4 Å². The van der Waals surface area contributed by atoms with Crippen LogP contribution >= 0.6 is 0 Å². The number of hydrogen-bond donors (Lipinski definition) is 2. The number of aliphatic hydroxyl groups excluding tert-OH is 1. The van der Waals surface area contributed by atoms with E-state index in [2.05, 4.69) is 19.2 Å². The van der Waals surface area contributed by atoms with Crippen molar-refractivity contribution in [1.29, 1.82) is 0 Å². The van der Waals surface area contributed by atoms with E-state index in [0.717, 1.165) is 17.9 Å². The molecule has 3 unspecified atom stereocenters. The minimum Gasteiger partial charge on any atom is -0.491 e. The Morgan fingerprint density at radius 1 is 1.29 bits per heavy atom. The molecular weight excluding hydrogens is 214 g/mol. The summed E-state index contributed by atoms with van der Waals surface area (Å²) in [5.74, 6) is 0.863. The molecule has 1 rings (SSSR count). The summed E-state index contributed by atoms with van der Waals surface area (Å²) in [7, 11) is 0. The first kappa shape index (κ1) is 13.8. The van der Waals surface area contributed by atoms with Crippen molar-refractivity contribution in [2.24, 2.45) is 0 Å². The van der Waals surface area contributed by atoms with E-state index in [0.29, 0.717) is 0 Å². The molecule has 0 heterocycles. The average molecular weight is 237 g/mol. The summed E-state index contributed by atoms with van der Waals surface area (Å²) < 4.78 is 5.74. The number of ether oxygens (including phenoxy) is 1. The van der Waals surface area contributed by atoms with E-state index >= 15 is 0 Å². The largest absolute Gasteiger partial charge is 0.491 e. The summed E-state index contributed by atoms with van der Waals surface area (Å²) in [6.07, 6.45) is 0.829. The molecule has 0 radical (unpaired) electrons. The smallest absolute Gasteiger partial charge is 0.121 e. The molecule has 0 aliphatic carbocycles. The van der Waals surface area contributed by atoms with Crippen molar-refractivity contribution < 1.29 is 9.84 Å². The van der Waals surface area contributed by atoms with Gasteiger partial charge in [0.15, 0.2) is 0 Å². The van der Waals surface area contributed by atoms with Crippen LogP contribution in [0.3, 0.4) is 0 Å². The lowest BCUT2D eigenvalue weighted by molar-refractivity contribution is 0.178. The van der Waals surface area contributed by atoms with Crippen LogP contribution in [0.2, 0.25) is 0 Å². The van der Waals surface area contributed by atoms with Gasteiger partial charge in [0, 0.05) is 17.8 Å². The van der Waals surface area contributed by atoms with E-state index in [1.165, 1.54) is 0 Å². The summed E-state index contributed by atoms with van der Waals surface area (Å²) >= 11 is 0. The van der Waals surface area contributed by atoms with Crippen LogP contribution < -0.4 is 10.1 Å².